The number of benzene rings is 10. The van der Waals surface area contributed by atoms with Gasteiger partial charge in [-0.25, -0.2) is 8.78 Å². The molecule has 5 heterocycles. The summed E-state index contributed by atoms with van der Waals surface area (Å²) in [5.74, 6) is -1.92. The predicted octanol–water partition coefficient (Wildman–Crippen LogP) is 26.1. The molecule has 0 unspecified atom stereocenters. The minimum atomic E-state index is -4.35. The van der Waals surface area contributed by atoms with Gasteiger partial charge in [0.1, 0.15) is 46.3 Å². The Bertz CT molecular complexity index is 6080. The van der Waals surface area contributed by atoms with Crippen molar-refractivity contribution in [2.45, 2.75) is 155 Å². The fraction of sp³-hybridized carbons (Fsp3) is 0.231. The van der Waals surface area contributed by atoms with Crippen molar-refractivity contribution in [3.05, 3.63) is 332 Å². The van der Waals surface area contributed by atoms with E-state index in [0.29, 0.717) is 28.1 Å². The molecule has 10 aromatic carbocycles. The Kier molecular flexibility index (Phi) is 49.7. The number of ketones is 8. The number of halogens is 6. The zero-order valence-corrected chi connectivity index (χ0v) is 88.1. The zero-order valence-electron chi connectivity index (χ0n) is 76.1. The van der Waals surface area contributed by atoms with Gasteiger partial charge in [-0.2, -0.15) is 13.2 Å². The number of pyridine rings is 5. The van der Waals surface area contributed by atoms with E-state index in [1.54, 1.807) is 31.6 Å². The molecule has 0 bridgehead atoms. The maximum Gasteiger partial charge on any atom is 0.381 e. The molecule has 24 heteroatoms. The number of fused-ring (bicyclic) bond motifs is 5. The summed E-state index contributed by atoms with van der Waals surface area (Å²) in [6.07, 6.45) is 4.78. The molecule has 0 saturated carbocycles. The van der Waals surface area contributed by atoms with Crippen molar-refractivity contribution >= 4 is 100 Å². The quantitative estimate of drug-likeness (QED) is 0.0600. The van der Waals surface area contributed by atoms with E-state index in [1.165, 1.54) is 92.4 Å². The van der Waals surface area contributed by atoms with E-state index >= 15 is 0 Å². The summed E-state index contributed by atoms with van der Waals surface area (Å²) in [7, 11) is 0. The first-order valence-corrected chi connectivity index (χ1v) is 40.8. The van der Waals surface area contributed by atoms with E-state index in [2.05, 4.69) is 150 Å². The monoisotopic (exact) mass is 2680 g/mol. The summed E-state index contributed by atoms with van der Waals surface area (Å²) in [4.78, 5) is 105. The normalized spacial score (nSPS) is 10.4. The number of rotatable bonds is 13. The standard InChI is InChI=1S/C19H18N.C16H9F3N.C16H11FN.C16H12N.C15H8F2N.C11H20O2.3C5H8O2.5Ir/c1-19(2,3)16-10-8-15(9-11-16)18-17-7-5-4-6-14(17)12-13-20-18;17-16(18,19)13-7-5-12(6-8-13)15-14-4-2-1-3-11(14)9-10-20-15;1-11-10-13(6-7-15(11)17)16-14-5-3-2-4-12(14)8-9-18-16;1-12-5-4-8-14(9-12)16-10-13-6-2-3-7-15(13)11-17-16;16-12-7-11(8-13(17)9-12)15-14-4-2-1-3-10(14)5-6-18-15;1-10(2,3)8(12)7-9(13)11(4,5)6;3*1-4(6)3-5(2)7;;;;;/h4-8,10-13H,1-3H3;1-5,7-10H;2-5,7-10H,1H3;2-7,9-11H,1H3;1-7,9H;7H2,1-6H3;3*3H2,1-2H3;;;;;/q5*-1;;;;;;;;;. The number of carbonyl (C=O) groups is 8. The van der Waals surface area contributed by atoms with Gasteiger partial charge in [-0.15, -0.1) is 142 Å². The minimum Gasteiger partial charge on any atom is -0.304 e. The van der Waals surface area contributed by atoms with Gasteiger partial charge < -0.3 is 24.9 Å². The third-order valence-electron chi connectivity index (χ3n) is 18.8. The molecule has 0 aliphatic heterocycles. The van der Waals surface area contributed by atoms with Gasteiger partial charge in [0.2, 0.25) is 0 Å². The Labute approximate surface area is 836 Å². The average Bonchev–Trinajstić information content (AvgIpc) is 0.813. The summed E-state index contributed by atoms with van der Waals surface area (Å²) < 4.78 is 77.3. The Hall–Kier alpha value is -10.6. The van der Waals surface area contributed by atoms with Crippen LogP contribution in [0, 0.1) is 72.5 Å². The van der Waals surface area contributed by atoms with Crippen molar-refractivity contribution in [2.75, 3.05) is 0 Å². The van der Waals surface area contributed by atoms with E-state index in [4.69, 9.17) is 0 Å². The van der Waals surface area contributed by atoms with E-state index in [-0.39, 0.29) is 184 Å². The Morgan fingerprint density at radius 1 is 0.333 bits per heavy atom. The van der Waals surface area contributed by atoms with Crippen LogP contribution in [0.15, 0.2) is 262 Å². The van der Waals surface area contributed by atoms with Crippen LogP contribution in [-0.4, -0.2) is 71.2 Å². The summed E-state index contributed by atoms with van der Waals surface area (Å²) in [5, 5.41) is 10.7. The van der Waals surface area contributed by atoms with Crippen molar-refractivity contribution in [2.24, 2.45) is 10.8 Å². The number of hydrogen-bond acceptors (Lipinski definition) is 13. The summed E-state index contributed by atoms with van der Waals surface area (Å²) >= 11 is 0. The van der Waals surface area contributed by atoms with Gasteiger partial charge in [0.05, 0.1) is 25.7 Å². The number of aryl methyl sites for hydroxylation is 2. The van der Waals surface area contributed by atoms with Crippen LogP contribution < -0.4 is 0 Å². The fourth-order valence-corrected chi connectivity index (χ4v) is 12.2. The minimum absolute atomic E-state index is 0. The number of nitrogens with zero attached hydrogens (tertiary/aromatic N) is 5. The molecule has 0 saturated heterocycles. The number of aromatic nitrogens is 5. The maximum absolute atomic E-state index is 13.3. The summed E-state index contributed by atoms with van der Waals surface area (Å²) in [6, 6.07) is 85.4. The van der Waals surface area contributed by atoms with E-state index < -0.39 is 34.2 Å². The molecule has 15 aromatic rings. The number of hydrogen-bond donors (Lipinski definition) is 0. The molecule has 132 heavy (non-hydrogen) atoms. The van der Waals surface area contributed by atoms with Gasteiger partial charge in [-0.05, 0) is 159 Å². The summed E-state index contributed by atoms with van der Waals surface area (Å²) in [6.45, 7) is 29.9. The first kappa shape index (κ1) is 118. The maximum atomic E-state index is 13.3. The first-order valence-electron chi connectivity index (χ1n) is 40.8. The second-order valence-electron chi connectivity index (χ2n) is 33.2. The van der Waals surface area contributed by atoms with Crippen molar-refractivity contribution in [3.8, 4) is 56.3 Å². The molecule has 0 aliphatic carbocycles. The fourth-order valence-electron chi connectivity index (χ4n) is 12.2. The van der Waals surface area contributed by atoms with Crippen molar-refractivity contribution < 1.29 is 165 Å². The Morgan fingerprint density at radius 2 is 0.682 bits per heavy atom. The molecule has 0 spiro atoms. The number of carbonyl (C=O) groups excluding carboxylic acids is 8. The molecule has 5 aromatic heterocycles. The number of Topliss-reactive ketones (excluding diaryl/α,β-unsaturated/α-hetero) is 8. The molecular weight excluding hydrogens is 2570 g/mol. The third kappa shape index (κ3) is 38.6. The average molecular weight is 2670 g/mol. The van der Waals surface area contributed by atoms with E-state index in [9.17, 15) is 64.7 Å². The molecule has 0 aliphatic rings. The molecule has 15 rings (SSSR count). The van der Waals surface area contributed by atoms with Crippen molar-refractivity contribution in [3.63, 3.8) is 0 Å². The van der Waals surface area contributed by atoms with Gasteiger partial charge in [0, 0.05) is 160 Å². The Balaban J connectivity index is 0.000000512. The topological polar surface area (TPSA) is 201 Å². The zero-order chi connectivity index (χ0) is 93.5. The van der Waals surface area contributed by atoms with Crippen LogP contribution in [0.1, 0.15) is 152 Å². The SMILES string of the molecule is CC(=O)CC(C)=O.CC(=O)CC(C)=O.CC(=O)CC(C)=O.CC(C)(C)C(=O)CC(=O)C(C)(C)C.CC(C)(C)c1c[c-]c(-c2nccc3ccccc23)cc1.Cc1cc(-c2nccc3ccccc23)[c-]cc1F.Cc1cc[c-]c(-c2cc3ccccc3cn2)c1.FC(F)(F)c1c[c-]c(-c2nccc3ccccc23)cc1.Fc1[c-]c(-c2nccc3ccccc23)cc(F)c1.[Ir].[Ir].[Ir].[Ir].[Ir]. The summed E-state index contributed by atoms with van der Waals surface area (Å²) in [5.41, 5.74) is 9.57. The van der Waals surface area contributed by atoms with Gasteiger partial charge in [-0.3, -0.25) is 42.7 Å². The van der Waals surface area contributed by atoms with Gasteiger partial charge >= 0.3 is 6.18 Å². The van der Waals surface area contributed by atoms with Crippen LogP contribution in [0.2, 0.25) is 0 Å². The second kappa shape index (κ2) is 55.8. The van der Waals surface area contributed by atoms with Gasteiger partial charge in [0.15, 0.2) is 0 Å². The van der Waals surface area contributed by atoms with E-state index in [1.807, 2.05) is 175 Å². The van der Waals surface area contributed by atoms with Crippen LogP contribution in [0.3, 0.4) is 0 Å². The predicted molar refractivity (Wildman–Crippen MR) is 495 cm³/mol. The van der Waals surface area contributed by atoms with Crippen LogP contribution in [-0.2, 0) is 150 Å². The Morgan fingerprint density at radius 3 is 1.01 bits per heavy atom. The third-order valence-corrected chi connectivity index (χ3v) is 18.8. The van der Waals surface area contributed by atoms with Crippen LogP contribution in [0.5, 0.6) is 0 Å². The second-order valence-corrected chi connectivity index (χ2v) is 33.2. The molecule has 0 N–H and O–H groups in total. The molecule has 699 valence electrons. The molecule has 5 radical (unpaired) electrons. The van der Waals surface area contributed by atoms with Crippen LogP contribution >= 0.6 is 0 Å². The van der Waals surface area contributed by atoms with Crippen LogP contribution in [0.4, 0.5) is 26.3 Å². The molecule has 0 amide bonds. The number of alkyl halides is 3. The molecule has 13 nitrogen and oxygen atoms in total. The molecule has 0 fully saturated rings. The van der Waals surface area contributed by atoms with E-state index in [0.717, 1.165) is 84.3 Å². The molecular formula is C108H102F6Ir5N5O8-5. The van der Waals surface area contributed by atoms with Crippen LogP contribution in [0.25, 0.3) is 110 Å². The largest absolute Gasteiger partial charge is 0.381 e. The van der Waals surface area contributed by atoms with Gasteiger partial charge in [0.25, 0.3) is 0 Å². The molecule has 0 atom stereocenters. The van der Waals surface area contributed by atoms with Crippen molar-refractivity contribution in [1.29, 1.82) is 0 Å². The smallest absolute Gasteiger partial charge is 0.304 e. The first-order chi connectivity index (χ1) is 59.9. The van der Waals surface area contributed by atoms with Crippen molar-refractivity contribution in [1.82, 2.24) is 24.9 Å². The van der Waals surface area contributed by atoms with Gasteiger partial charge in [-0.1, -0.05) is 215 Å².